The van der Waals surface area contributed by atoms with Crippen LogP contribution in [0.5, 0.6) is 11.5 Å². The van der Waals surface area contributed by atoms with Gasteiger partial charge in [-0.2, -0.15) is 0 Å². The molecule has 2 aromatic carbocycles. The zero-order valence-electron chi connectivity index (χ0n) is 14.1. The monoisotopic (exact) mass is 383 g/mol. The van der Waals surface area contributed by atoms with Crippen molar-refractivity contribution in [2.75, 3.05) is 25.1 Å². The summed E-state index contributed by atoms with van der Waals surface area (Å²) < 4.78 is 50.4. The van der Waals surface area contributed by atoms with E-state index in [1.165, 1.54) is 26.4 Å². The number of hydrazine groups is 1. The number of nitrogens with zero attached hydrogens (tertiary/aromatic N) is 1. The minimum Gasteiger partial charge on any atom is -0.497 e. The van der Waals surface area contributed by atoms with E-state index < -0.39 is 28.3 Å². The van der Waals surface area contributed by atoms with Crippen LogP contribution in [0.15, 0.2) is 47.4 Å². The molecule has 0 aliphatic heterocycles. The highest BCUT2D eigenvalue weighted by atomic mass is 32.2. The summed E-state index contributed by atoms with van der Waals surface area (Å²) in [6.45, 7) is -0.611. The molecule has 0 heterocycles. The van der Waals surface area contributed by atoms with Gasteiger partial charge >= 0.3 is 0 Å². The van der Waals surface area contributed by atoms with Gasteiger partial charge in [0.05, 0.1) is 24.8 Å². The van der Waals surface area contributed by atoms with E-state index in [0.29, 0.717) is 5.75 Å². The van der Waals surface area contributed by atoms with Crippen molar-refractivity contribution in [3.63, 3.8) is 0 Å². The van der Waals surface area contributed by atoms with Gasteiger partial charge in [-0.1, -0.05) is 0 Å². The van der Waals surface area contributed by atoms with E-state index in [9.17, 15) is 17.6 Å². The lowest BCUT2D eigenvalue weighted by atomic mass is 10.2. The van der Waals surface area contributed by atoms with E-state index in [2.05, 4.69) is 0 Å². The highest BCUT2D eigenvalue weighted by Gasteiger charge is 2.29. The van der Waals surface area contributed by atoms with E-state index in [1.54, 1.807) is 6.07 Å². The van der Waals surface area contributed by atoms with Gasteiger partial charge < -0.3 is 9.47 Å². The molecular formula is C16H18FN3O5S. The first-order chi connectivity index (χ1) is 12.3. The van der Waals surface area contributed by atoms with E-state index >= 15 is 0 Å². The summed E-state index contributed by atoms with van der Waals surface area (Å²) in [6.07, 6.45) is 0. The van der Waals surface area contributed by atoms with E-state index in [-0.39, 0.29) is 16.3 Å². The van der Waals surface area contributed by atoms with Crippen LogP contribution in [0.2, 0.25) is 0 Å². The number of carbonyl (C=O) groups is 1. The number of rotatable bonds is 7. The van der Waals surface area contributed by atoms with Crippen LogP contribution in [0.3, 0.4) is 0 Å². The van der Waals surface area contributed by atoms with Crippen LogP contribution < -0.4 is 25.0 Å². The lowest BCUT2D eigenvalue weighted by Crippen LogP contribution is -2.43. The summed E-state index contributed by atoms with van der Waals surface area (Å²) in [6, 6.07) is 8.71. The summed E-state index contributed by atoms with van der Waals surface area (Å²) in [4.78, 5) is 11.6. The average molecular weight is 383 g/mol. The van der Waals surface area contributed by atoms with Crippen molar-refractivity contribution in [1.29, 1.82) is 0 Å². The summed E-state index contributed by atoms with van der Waals surface area (Å²) in [7, 11) is -1.45. The maximum atomic E-state index is 13.2. The Morgan fingerprint density at radius 2 is 1.81 bits per heavy atom. The SMILES string of the molecule is COc1ccc(OC)c(N(CC(=O)NN)S(=O)(=O)c2ccc(F)cc2)c1. The molecule has 3 N–H and O–H groups in total. The quantitative estimate of drug-likeness (QED) is 0.420. The second kappa shape index (κ2) is 8.02. The number of nitrogens with one attached hydrogen (secondary N) is 1. The Balaban J connectivity index is 2.64. The molecule has 26 heavy (non-hydrogen) atoms. The predicted octanol–water partition coefficient (Wildman–Crippen LogP) is 1.03. The highest BCUT2D eigenvalue weighted by Crippen LogP contribution is 2.35. The van der Waals surface area contributed by atoms with Crippen LogP contribution in [0, 0.1) is 5.82 Å². The van der Waals surface area contributed by atoms with Crippen molar-refractivity contribution in [3.05, 3.63) is 48.3 Å². The molecule has 0 aromatic heterocycles. The summed E-state index contributed by atoms with van der Waals surface area (Å²) in [5.74, 6) is 4.31. The van der Waals surface area contributed by atoms with Gasteiger partial charge in [-0.3, -0.25) is 14.5 Å². The molecule has 10 heteroatoms. The molecule has 0 unspecified atom stereocenters. The molecule has 0 aliphatic rings. The molecule has 8 nitrogen and oxygen atoms in total. The first-order valence-electron chi connectivity index (χ1n) is 7.33. The Morgan fingerprint density at radius 1 is 1.15 bits per heavy atom. The van der Waals surface area contributed by atoms with Gasteiger partial charge in [0.25, 0.3) is 15.9 Å². The largest absolute Gasteiger partial charge is 0.497 e. The van der Waals surface area contributed by atoms with Gasteiger partial charge in [0.2, 0.25) is 0 Å². The number of amides is 1. The summed E-state index contributed by atoms with van der Waals surface area (Å²) >= 11 is 0. The highest BCUT2D eigenvalue weighted by molar-refractivity contribution is 7.92. The van der Waals surface area contributed by atoms with Crippen LogP contribution in [0.1, 0.15) is 0 Å². The third-order valence-electron chi connectivity index (χ3n) is 3.50. The Kier molecular flexibility index (Phi) is 6.01. The third-order valence-corrected chi connectivity index (χ3v) is 5.28. The maximum Gasteiger partial charge on any atom is 0.264 e. The summed E-state index contributed by atoms with van der Waals surface area (Å²) in [5, 5.41) is 0. The van der Waals surface area contributed by atoms with Crippen molar-refractivity contribution in [3.8, 4) is 11.5 Å². The molecule has 140 valence electrons. The number of ether oxygens (including phenoxy) is 2. The number of hydrogen-bond acceptors (Lipinski definition) is 6. The molecule has 1 amide bonds. The molecular weight excluding hydrogens is 365 g/mol. The van der Waals surface area contributed by atoms with Gasteiger partial charge in [0.1, 0.15) is 23.9 Å². The number of methoxy groups -OCH3 is 2. The Hall–Kier alpha value is -2.85. The van der Waals surface area contributed by atoms with Crippen molar-refractivity contribution < 1.29 is 27.1 Å². The van der Waals surface area contributed by atoms with E-state index in [0.717, 1.165) is 28.6 Å². The van der Waals surface area contributed by atoms with Crippen LogP contribution in [-0.2, 0) is 14.8 Å². The van der Waals surface area contributed by atoms with Crippen LogP contribution in [0.25, 0.3) is 0 Å². The smallest absolute Gasteiger partial charge is 0.264 e. The van der Waals surface area contributed by atoms with Gasteiger partial charge in [-0.25, -0.2) is 18.7 Å². The molecule has 0 atom stereocenters. The first-order valence-corrected chi connectivity index (χ1v) is 8.77. The normalized spacial score (nSPS) is 10.9. The number of carbonyl (C=O) groups excluding carboxylic acids is 1. The molecule has 0 saturated heterocycles. The Labute approximate surface area is 150 Å². The molecule has 0 radical (unpaired) electrons. The lowest BCUT2D eigenvalue weighted by molar-refractivity contribution is -0.119. The van der Waals surface area contributed by atoms with Crippen LogP contribution >= 0.6 is 0 Å². The number of anilines is 1. The molecule has 0 saturated carbocycles. The second-order valence-corrected chi connectivity index (χ2v) is 6.93. The average Bonchev–Trinajstić information content (AvgIpc) is 2.65. The van der Waals surface area contributed by atoms with E-state index in [1.807, 2.05) is 5.43 Å². The molecule has 0 spiro atoms. The first kappa shape index (κ1) is 19.5. The molecule has 0 fully saturated rings. The van der Waals surface area contributed by atoms with Gasteiger partial charge in [0.15, 0.2) is 0 Å². The van der Waals surface area contributed by atoms with Crippen molar-refractivity contribution >= 4 is 21.6 Å². The maximum absolute atomic E-state index is 13.2. The van der Waals surface area contributed by atoms with Crippen LogP contribution in [-0.4, -0.2) is 35.1 Å². The second-order valence-electron chi connectivity index (χ2n) is 5.07. The zero-order chi connectivity index (χ0) is 19.3. The number of sulfonamides is 1. The van der Waals surface area contributed by atoms with E-state index in [4.69, 9.17) is 15.3 Å². The number of benzene rings is 2. The number of hydrogen-bond donors (Lipinski definition) is 2. The molecule has 0 aliphatic carbocycles. The van der Waals surface area contributed by atoms with Crippen molar-refractivity contribution in [2.45, 2.75) is 4.90 Å². The zero-order valence-corrected chi connectivity index (χ0v) is 14.9. The fourth-order valence-electron chi connectivity index (χ4n) is 2.20. The number of halogens is 1. The van der Waals surface area contributed by atoms with Gasteiger partial charge in [-0.15, -0.1) is 0 Å². The number of nitrogens with two attached hydrogens (primary N) is 1. The molecule has 2 aromatic rings. The molecule has 2 rings (SSSR count). The standard InChI is InChI=1S/C16H18FN3O5S/c1-24-12-5-8-15(25-2)14(9-12)20(10-16(21)19-18)26(22,23)13-6-3-11(17)4-7-13/h3-9H,10,18H2,1-2H3,(H,19,21). The Morgan fingerprint density at radius 3 is 2.35 bits per heavy atom. The fraction of sp³-hybridized carbons (Fsp3) is 0.188. The third kappa shape index (κ3) is 4.03. The summed E-state index contributed by atoms with van der Waals surface area (Å²) in [5.41, 5.74) is 1.96. The van der Waals surface area contributed by atoms with Crippen molar-refractivity contribution in [2.24, 2.45) is 5.84 Å². The van der Waals surface area contributed by atoms with Crippen molar-refractivity contribution in [1.82, 2.24) is 5.43 Å². The minimum absolute atomic E-state index is 0.0692. The van der Waals surface area contributed by atoms with Gasteiger partial charge in [0, 0.05) is 6.07 Å². The fourth-order valence-corrected chi connectivity index (χ4v) is 3.62. The topological polar surface area (TPSA) is 111 Å². The minimum atomic E-state index is -4.22. The van der Waals surface area contributed by atoms with Gasteiger partial charge in [-0.05, 0) is 36.4 Å². The van der Waals surface area contributed by atoms with Crippen LogP contribution in [0.4, 0.5) is 10.1 Å². The predicted molar refractivity (Wildman–Crippen MR) is 92.8 cm³/mol. The lowest BCUT2D eigenvalue weighted by Gasteiger charge is -2.25. The Bertz CT molecular complexity index is 887. The molecule has 0 bridgehead atoms.